The van der Waals surface area contributed by atoms with E-state index in [1.807, 2.05) is 30.3 Å². The molecular weight excluding hydrogens is 472 g/mol. The van der Waals surface area contributed by atoms with E-state index in [1.165, 1.54) is 44.9 Å². The molecule has 4 aliphatic carbocycles. The van der Waals surface area contributed by atoms with E-state index in [-0.39, 0.29) is 17.9 Å². The van der Waals surface area contributed by atoms with E-state index in [1.54, 1.807) is 0 Å². The standard InChI is InChI=1S/C34H48O4/c1-21-12-17-34(36-20-21)22(2)30-29(38-34)19-28-26-11-10-24-18-25(37-31(35)23-8-6-5-7-9-23)13-15-32(24,3)27(26)14-16-33(28,30)4/h5-9,21-22,24-30H,10-20H2,1-4H3/t21?,22-,24-,25?,26?,27?,28?,29?,30?,32-,33-,34+/m0/s1. The average molecular weight is 521 g/mol. The normalized spacial score (nSPS) is 51.5. The second-order valence-corrected chi connectivity index (χ2v) is 14.8. The van der Waals surface area contributed by atoms with Crippen molar-refractivity contribution in [2.45, 2.75) is 110 Å². The summed E-state index contributed by atoms with van der Waals surface area (Å²) in [4.78, 5) is 12.7. The Morgan fingerprint density at radius 1 is 0.895 bits per heavy atom. The fourth-order valence-corrected chi connectivity index (χ4v) is 11.1. The Morgan fingerprint density at radius 3 is 2.45 bits per heavy atom. The van der Waals surface area contributed by atoms with Crippen LogP contribution in [0.3, 0.4) is 0 Å². The number of rotatable bonds is 2. The summed E-state index contributed by atoms with van der Waals surface area (Å²) < 4.78 is 19.5. The Balaban J connectivity index is 1.05. The molecule has 6 aliphatic rings. The molecule has 1 aromatic carbocycles. The first-order valence-electron chi connectivity index (χ1n) is 15.8. The van der Waals surface area contributed by atoms with Crippen molar-refractivity contribution in [3.63, 3.8) is 0 Å². The van der Waals surface area contributed by atoms with Gasteiger partial charge in [-0.25, -0.2) is 4.79 Å². The molecule has 12 atom stereocenters. The third-order valence-electron chi connectivity index (χ3n) is 13.2. The summed E-state index contributed by atoms with van der Waals surface area (Å²) in [6.07, 6.45) is 12.6. The minimum atomic E-state index is -0.314. The van der Waals surface area contributed by atoms with E-state index in [2.05, 4.69) is 27.7 Å². The quantitative estimate of drug-likeness (QED) is 0.376. The topological polar surface area (TPSA) is 44.8 Å². The van der Waals surface area contributed by atoms with E-state index < -0.39 is 0 Å². The molecule has 0 radical (unpaired) electrons. The van der Waals surface area contributed by atoms with Gasteiger partial charge in [-0.2, -0.15) is 0 Å². The van der Waals surface area contributed by atoms with Gasteiger partial charge >= 0.3 is 5.97 Å². The second-order valence-electron chi connectivity index (χ2n) is 14.8. The fraction of sp³-hybridized carbons (Fsp3) is 0.794. The molecule has 4 nitrogen and oxygen atoms in total. The number of ether oxygens (including phenoxy) is 3. The largest absolute Gasteiger partial charge is 0.459 e. The molecule has 6 fully saturated rings. The molecule has 38 heavy (non-hydrogen) atoms. The average Bonchev–Trinajstić information content (AvgIpc) is 3.36. The lowest BCUT2D eigenvalue weighted by atomic mass is 9.44. The second kappa shape index (κ2) is 9.06. The first kappa shape index (κ1) is 25.6. The van der Waals surface area contributed by atoms with Crippen molar-refractivity contribution in [2.75, 3.05) is 6.61 Å². The molecule has 208 valence electrons. The lowest BCUT2D eigenvalue weighted by molar-refractivity contribution is -0.273. The lowest BCUT2D eigenvalue weighted by Gasteiger charge is -2.61. The van der Waals surface area contributed by atoms with Gasteiger partial charge < -0.3 is 14.2 Å². The molecule has 7 rings (SSSR count). The highest BCUT2D eigenvalue weighted by Gasteiger charge is 2.69. The summed E-state index contributed by atoms with van der Waals surface area (Å²) in [7, 11) is 0. The van der Waals surface area contributed by atoms with Crippen LogP contribution < -0.4 is 0 Å². The van der Waals surface area contributed by atoms with Crippen LogP contribution >= 0.6 is 0 Å². The molecule has 1 aromatic rings. The number of hydrogen-bond donors (Lipinski definition) is 0. The predicted molar refractivity (Wildman–Crippen MR) is 147 cm³/mol. The van der Waals surface area contributed by atoms with Gasteiger partial charge in [0, 0.05) is 12.3 Å². The third kappa shape index (κ3) is 3.71. The van der Waals surface area contributed by atoms with Crippen LogP contribution in [0, 0.1) is 52.3 Å². The van der Waals surface area contributed by atoms with Crippen LogP contribution in [0.5, 0.6) is 0 Å². The zero-order valence-electron chi connectivity index (χ0n) is 24.0. The summed E-state index contributed by atoms with van der Waals surface area (Å²) in [6, 6.07) is 9.51. The van der Waals surface area contributed by atoms with E-state index in [0.717, 1.165) is 43.6 Å². The molecule has 1 spiro atoms. The lowest BCUT2D eigenvalue weighted by Crippen LogP contribution is -2.55. The molecule has 2 aliphatic heterocycles. The zero-order chi connectivity index (χ0) is 26.3. The Kier molecular flexibility index (Phi) is 6.10. The van der Waals surface area contributed by atoms with Gasteiger partial charge in [0.1, 0.15) is 6.10 Å². The summed E-state index contributed by atoms with van der Waals surface area (Å²) in [5.74, 6) is 4.41. The van der Waals surface area contributed by atoms with Crippen molar-refractivity contribution in [3.8, 4) is 0 Å². The maximum Gasteiger partial charge on any atom is 0.338 e. The summed E-state index contributed by atoms with van der Waals surface area (Å²) in [5.41, 5.74) is 1.44. The highest BCUT2D eigenvalue weighted by Crippen LogP contribution is 2.71. The van der Waals surface area contributed by atoms with Gasteiger partial charge in [0.2, 0.25) is 0 Å². The van der Waals surface area contributed by atoms with Crippen molar-refractivity contribution < 1.29 is 19.0 Å². The highest BCUT2D eigenvalue weighted by molar-refractivity contribution is 5.89. The number of benzene rings is 1. The van der Waals surface area contributed by atoms with Crippen molar-refractivity contribution >= 4 is 5.97 Å². The first-order chi connectivity index (χ1) is 18.2. The molecule has 2 heterocycles. The smallest absolute Gasteiger partial charge is 0.338 e. The minimum Gasteiger partial charge on any atom is -0.459 e. The van der Waals surface area contributed by atoms with Gasteiger partial charge in [-0.15, -0.1) is 0 Å². The van der Waals surface area contributed by atoms with Crippen molar-refractivity contribution in [1.29, 1.82) is 0 Å². The van der Waals surface area contributed by atoms with Gasteiger partial charge in [0.25, 0.3) is 0 Å². The maximum absolute atomic E-state index is 12.7. The molecule has 4 heteroatoms. The molecule has 2 saturated heterocycles. The summed E-state index contributed by atoms with van der Waals surface area (Å²) in [5, 5.41) is 0. The van der Waals surface area contributed by atoms with E-state index in [9.17, 15) is 4.79 Å². The van der Waals surface area contributed by atoms with Crippen LogP contribution in [-0.2, 0) is 14.2 Å². The van der Waals surface area contributed by atoms with Crippen LogP contribution in [0.25, 0.3) is 0 Å². The number of esters is 1. The van der Waals surface area contributed by atoms with Gasteiger partial charge in [0.15, 0.2) is 5.79 Å². The van der Waals surface area contributed by atoms with Crippen molar-refractivity contribution in [3.05, 3.63) is 35.9 Å². The van der Waals surface area contributed by atoms with Crippen LogP contribution in [0.4, 0.5) is 0 Å². The van der Waals surface area contributed by atoms with Crippen LogP contribution in [0.1, 0.15) is 102 Å². The van der Waals surface area contributed by atoms with E-state index in [4.69, 9.17) is 14.2 Å². The van der Waals surface area contributed by atoms with Gasteiger partial charge in [-0.05, 0) is 116 Å². The van der Waals surface area contributed by atoms with Crippen molar-refractivity contribution in [1.82, 2.24) is 0 Å². The van der Waals surface area contributed by atoms with E-state index >= 15 is 0 Å². The summed E-state index contributed by atoms with van der Waals surface area (Å²) in [6.45, 7) is 10.9. The van der Waals surface area contributed by atoms with E-state index in [0.29, 0.717) is 46.2 Å². The number of hydrogen-bond acceptors (Lipinski definition) is 4. The van der Waals surface area contributed by atoms with Crippen LogP contribution in [0.2, 0.25) is 0 Å². The number of fused-ring (bicyclic) bond motifs is 7. The van der Waals surface area contributed by atoms with Gasteiger partial charge in [-0.3, -0.25) is 0 Å². The highest BCUT2D eigenvalue weighted by atomic mass is 16.7. The Hall–Kier alpha value is -1.39. The van der Waals surface area contributed by atoms with Crippen LogP contribution in [-0.4, -0.2) is 30.6 Å². The number of carbonyl (C=O) groups is 1. The SMILES string of the molecule is CC1CC[C@@]2(OC1)OC1CC3C4CC[C@H]5CC(OC(=O)c6ccccc6)CC[C@]5(C)C4CC[C@]3(C)C1[C@@H]2C. The Bertz CT molecular complexity index is 1050. The molecule has 0 amide bonds. The summed E-state index contributed by atoms with van der Waals surface area (Å²) >= 11 is 0. The predicted octanol–water partition coefficient (Wildman–Crippen LogP) is 7.66. The molecular formula is C34H48O4. The monoisotopic (exact) mass is 520 g/mol. The molecule has 7 unspecified atom stereocenters. The Morgan fingerprint density at radius 2 is 1.68 bits per heavy atom. The fourth-order valence-electron chi connectivity index (χ4n) is 11.1. The molecule has 0 N–H and O–H groups in total. The third-order valence-corrected chi connectivity index (χ3v) is 13.2. The Labute approximate surface area is 229 Å². The van der Waals surface area contributed by atoms with Gasteiger partial charge in [0.05, 0.1) is 18.3 Å². The zero-order valence-corrected chi connectivity index (χ0v) is 24.0. The molecule has 0 aromatic heterocycles. The molecule has 4 saturated carbocycles. The maximum atomic E-state index is 12.7. The first-order valence-corrected chi connectivity index (χ1v) is 15.8. The van der Waals surface area contributed by atoms with Crippen LogP contribution in [0.15, 0.2) is 30.3 Å². The minimum absolute atomic E-state index is 0.0701. The molecule has 0 bridgehead atoms. The number of carbonyl (C=O) groups excluding carboxylic acids is 1. The van der Waals surface area contributed by atoms with Crippen molar-refractivity contribution in [2.24, 2.45) is 52.3 Å². The van der Waals surface area contributed by atoms with Gasteiger partial charge in [-0.1, -0.05) is 45.9 Å².